The van der Waals surface area contributed by atoms with Crippen molar-refractivity contribution in [2.75, 3.05) is 30.8 Å². The van der Waals surface area contributed by atoms with Gasteiger partial charge in [0, 0.05) is 37.5 Å². The molecule has 5 N–H and O–H groups in total. The van der Waals surface area contributed by atoms with Gasteiger partial charge in [0.25, 0.3) is 5.91 Å². The summed E-state index contributed by atoms with van der Waals surface area (Å²) in [5, 5.41) is 15.1. The fourth-order valence-corrected chi connectivity index (χ4v) is 4.44. The monoisotopic (exact) mass is 549 g/mol. The zero-order valence-corrected chi connectivity index (χ0v) is 22.3. The van der Waals surface area contributed by atoms with Crippen molar-refractivity contribution >= 4 is 34.2 Å². The minimum Gasteiger partial charge on any atom is -0.464 e. The molecule has 0 saturated carbocycles. The minimum atomic E-state index is -0.741. The summed E-state index contributed by atoms with van der Waals surface area (Å²) in [6.45, 7) is 0.742. The number of ether oxygens (including phenoxy) is 2. The van der Waals surface area contributed by atoms with Gasteiger partial charge in [-0.2, -0.15) is 0 Å². The molecule has 2 amide bonds. The fourth-order valence-electron chi connectivity index (χ4n) is 4.44. The number of unbranched alkanes of at least 4 members (excludes halogenated alkanes) is 2. The van der Waals surface area contributed by atoms with E-state index < -0.39 is 18.1 Å². The molecule has 10 heteroatoms. The van der Waals surface area contributed by atoms with Crippen LogP contribution in [-0.4, -0.2) is 43.0 Å². The number of hydrogen-bond acceptors (Lipinski definition) is 8. The summed E-state index contributed by atoms with van der Waals surface area (Å²) in [6, 6.07) is 14.1. The van der Waals surface area contributed by atoms with Crippen LogP contribution in [-0.2, 0) is 19.1 Å². The van der Waals surface area contributed by atoms with E-state index >= 15 is 0 Å². The van der Waals surface area contributed by atoms with Gasteiger partial charge < -0.3 is 35.4 Å². The van der Waals surface area contributed by atoms with Crippen LogP contribution < -0.4 is 21.8 Å². The van der Waals surface area contributed by atoms with Gasteiger partial charge in [-0.25, -0.2) is 0 Å². The summed E-state index contributed by atoms with van der Waals surface area (Å²) in [4.78, 5) is 38.4. The van der Waals surface area contributed by atoms with E-state index in [1.165, 1.54) is 6.26 Å². The van der Waals surface area contributed by atoms with Crippen molar-refractivity contribution in [2.24, 2.45) is 0 Å². The summed E-state index contributed by atoms with van der Waals surface area (Å²) in [5.41, 5.74) is 7.67. The lowest BCUT2D eigenvalue weighted by Gasteiger charge is -2.29. The quantitative estimate of drug-likeness (QED) is 0.186. The smallest absolute Gasteiger partial charge is 0.286 e. The summed E-state index contributed by atoms with van der Waals surface area (Å²) < 4.78 is 17.4. The van der Waals surface area contributed by atoms with Crippen LogP contribution in [0.4, 0.5) is 11.4 Å². The van der Waals surface area contributed by atoms with Crippen molar-refractivity contribution in [1.29, 1.82) is 0 Å². The zero-order valence-electron chi connectivity index (χ0n) is 22.3. The van der Waals surface area contributed by atoms with Crippen molar-refractivity contribution in [3.8, 4) is 0 Å². The average Bonchev–Trinajstić information content (AvgIpc) is 2.96. The second-order valence-corrected chi connectivity index (χ2v) is 9.59. The number of carbonyl (C=O) groups is 2. The maximum Gasteiger partial charge on any atom is 0.286 e. The largest absolute Gasteiger partial charge is 0.464 e. The highest BCUT2D eigenvalue weighted by atomic mass is 16.7. The normalized spacial score (nSPS) is 16.7. The Balaban J connectivity index is 1.35. The predicted molar refractivity (Wildman–Crippen MR) is 151 cm³/mol. The lowest BCUT2D eigenvalue weighted by Crippen LogP contribution is -2.34. The Hall–Kier alpha value is -4.15. The maximum absolute atomic E-state index is 13.2. The number of hydrogen-bond donors (Lipinski definition) is 4. The number of carbonyl (C=O) groups excluding carboxylic acids is 2. The number of nitrogens with two attached hydrogens (primary N) is 1. The summed E-state index contributed by atoms with van der Waals surface area (Å²) in [6.07, 6.45) is 5.30. The van der Waals surface area contributed by atoms with E-state index in [1.807, 2.05) is 0 Å². The molecule has 40 heavy (non-hydrogen) atoms. The Kier molecular flexibility index (Phi) is 10.3. The van der Waals surface area contributed by atoms with E-state index in [0.717, 1.165) is 0 Å². The molecular weight excluding hydrogens is 514 g/mol. The Morgan fingerprint density at radius 3 is 2.67 bits per heavy atom. The second-order valence-electron chi connectivity index (χ2n) is 9.59. The molecule has 2 heterocycles. The van der Waals surface area contributed by atoms with E-state index in [0.29, 0.717) is 73.2 Å². The molecule has 0 unspecified atom stereocenters. The molecule has 0 bridgehead atoms. The number of para-hydroxylation sites is 3. The van der Waals surface area contributed by atoms with Gasteiger partial charge in [-0.05, 0) is 56.0 Å². The highest BCUT2D eigenvalue weighted by Gasteiger charge is 2.30. The van der Waals surface area contributed by atoms with Crippen molar-refractivity contribution in [2.45, 2.75) is 50.7 Å². The highest BCUT2D eigenvalue weighted by Crippen LogP contribution is 2.31. The third kappa shape index (κ3) is 7.71. The Morgan fingerprint density at radius 2 is 1.85 bits per heavy atom. The van der Waals surface area contributed by atoms with Gasteiger partial charge >= 0.3 is 0 Å². The van der Waals surface area contributed by atoms with Crippen LogP contribution in [0.1, 0.15) is 50.0 Å². The molecule has 10 nitrogen and oxygen atoms in total. The molecule has 4 rings (SSSR count). The first-order valence-corrected chi connectivity index (χ1v) is 13.5. The third-order valence-electron chi connectivity index (χ3n) is 6.59. The standard InChI is InChI=1S/C30H35N3O7/c31-23-10-2-3-11-24(23)33-27(35)13-5-6-14-32-30(37)26-17-20(18-28(40-26)38-16-8-7-15-34)22-19-39-25-12-4-1-9-21(25)29(22)36/h1-4,9-12,17,19-20,28,34H,5-8,13-16,18,31H2,(H,32,37)(H,33,35)/t20-,28+/m0/s1. The number of allylic oxidation sites excluding steroid dienone is 1. The first-order valence-electron chi connectivity index (χ1n) is 13.5. The van der Waals surface area contributed by atoms with Gasteiger partial charge in [0.05, 0.1) is 29.6 Å². The molecule has 1 aromatic heterocycles. The van der Waals surface area contributed by atoms with E-state index in [1.54, 1.807) is 54.6 Å². The molecule has 3 aromatic rings. The number of rotatable bonds is 13. The fraction of sp³-hybridized carbons (Fsp3) is 0.367. The molecule has 1 aliphatic rings. The number of aliphatic hydroxyl groups excluding tert-OH is 1. The maximum atomic E-state index is 13.2. The van der Waals surface area contributed by atoms with Gasteiger partial charge in [-0.1, -0.05) is 24.3 Å². The molecule has 1 aliphatic heterocycles. The SMILES string of the molecule is Nc1ccccc1NC(=O)CCCCNC(=O)C1=C[C@H](c2coc3ccccc3c2=O)C[C@H](OCCCCO)O1. The van der Waals surface area contributed by atoms with Crippen molar-refractivity contribution in [3.63, 3.8) is 0 Å². The first kappa shape index (κ1) is 28.8. The summed E-state index contributed by atoms with van der Waals surface area (Å²) in [5.74, 6) is -0.971. The van der Waals surface area contributed by atoms with Gasteiger partial charge in [-0.3, -0.25) is 14.4 Å². The summed E-state index contributed by atoms with van der Waals surface area (Å²) >= 11 is 0. The number of benzene rings is 2. The Bertz CT molecular complexity index is 1400. The van der Waals surface area contributed by atoms with Crippen molar-refractivity contribution in [3.05, 3.63) is 82.4 Å². The Labute approximate surface area is 232 Å². The second kappa shape index (κ2) is 14.3. The van der Waals surface area contributed by atoms with E-state index in [2.05, 4.69) is 10.6 Å². The molecule has 0 saturated heterocycles. The van der Waals surface area contributed by atoms with Gasteiger partial charge in [0.2, 0.25) is 12.2 Å². The first-order chi connectivity index (χ1) is 19.5. The number of nitrogen functional groups attached to an aromatic ring is 1. The predicted octanol–water partition coefficient (Wildman–Crippen LogP) is 3.80. The topological polar surface area (TPSA) is 153 Å². The number of aliphatic hydroxyl groups is 1. The number of amides is 2. The number of fused-ring (bicyclic) bond motifs is 1. The van der Waals surface area contributed by atoms with Gasteiger partial charge in [0.15, 0.2) is 11.2 Å². The molecular formula is C30H35N3O7. The lowest BCUT2D eigenvalue weighted by molar-refractivity contribution is -0.146. The molecule has 212 valence electrons. The highest BCUT2D eigenvalue weighted by molar-refractivity contribution is 5.93. The molecule has 0 aliphatic carbocycles. The lowest BCUT2D eigenvalue weighted by atomic mass is 9.93. The van der Waals surface area contributed by atoms with Crippen LogP contribution in [0.25, 0.3) is 11.0 Å². The van der Waals surface area contributed by atoms with E-state index in [-0.39, 0.29) is 30.1 Å². The van der Waals surface area contributed by atoms with E-state index in [9.17, 15) is 14.4 Å². The molecule has 0 radical (unpaired) electrons. The van der Waals surface area contributed by atoms with Crippen molar-refractivity contribution in [1.82, 2.24) is 5.32 Å². The molecule has 0 spiro atoms. The van der Waals surface area contributed by atoms with Gasteiger partial charge in [0.1, 0.15) is 5.58 Å². The number of nitrogens with one attached hydrogen (secondary N) is 2. The molecule has 2 aromatic carbocycles. The molecule has 0 fully saturated rings. The van der Waals surface area contributed by atoms with Crippen LogP contribution in [0.15, 0.2) is 75.8 Å². The summed E-state index contributed by atoms with van der Waals surface area (Å²) in [7, 11) is 0. The zero-order chi connectivity index (χ0) is 28.3. The van der Waals surface area contributed by atoms with Gasteiger partial charge in [-0.15, -0.1) is 0 Å². The van der Waals surface area contributed by atoms with Crippen LogP contribution in [0.5, 0.6) is 0 Å². The van der Waals surface area contributed by atoms with Crippen LogP contribution in [0.3, 0.4) is 0 Å². The van der Waals surface area contributed by atoms with Crippen molar-refractivity contribution < 1.29 is 28.6 Å². The Morgan fingerprint density at radius 1 is 1.05 bits per heavy atom. The number of anilines is 2. The van der Waals surface area contributed by atoms with Crippen LogP contribution >= 0.6 is 0 Å². The third-order valence-corrected chi connectivity index (χ3v) is 6.59. The average molecular weight is 550 g/mol. The molecule has 2 atom stereocenters. The van der Waals surface area contributed by atoms with E-state index in [4.69, 9.17) is 24.7 Å². The van der Waals surface area contributed by atoms with Crippen LogP contribution in [0, 0.1) is 0 Å². The minimum absolute atomic E-state index is 0.0607. The van der Waals surface area contributed by atoms with Crippen LogP contribution in [0.2, 0.25) is 0 Å².